The lowest BCUT2D eigenvalue weighted by atomic mass is 10.2. The molecule has 0 saturated heterocycles. The molecule has 0 aliphatic carbocycles. The topological polar surface area (TPSA) is 69.4 Å². The molecule has 5 nitrogen and oxygen atoms in total. The van der Waals surface area contributed by atoms with E-state index in [1.54, 1.807) is 0 Å². The van der Waals surface area contributed by atoms with Crippen LogP contribution in [0.4, 0.5) is 0 Å². The average Bonchev–Trinajstić information content (AvgIpc) is 2.16. The van der Waals surface area contributed by atoms with E-state index in [1.165, 1.54) is 32.3 Å². The zero-order chi connectivity index (χ0) is 11.1. The van der Waals surface area contributed by atoms with E-state index >= 15 is 0 Å². The van der Waals surface area contributed by atoms with E-state index in [0.717, 1.165) is 0 Å². The molecular weight excluding hydrogens is 186 g/mol. The first kappa shape index (κ1) is 12.1. The second-order valence-electron chi connectivity index (χ2n) is 2.32. The van der Waals surface area contributed by atoms with Gasteiger partial charge in [-0.05, 0) is 19.1 Å². The highest BCUT2D eigenvalue weighted by Gasteiger charge is 2.06. The first-order chi connectivity index (χ1) is 6.52. The van der Waals surface area contributed by atoms with Gasteiger partial charge in [0.05, 0.1) is 17.6 Å². The summed E-state index contributed by atoms with van der Waals surface area (Å²) in [6.07, 6.45) is 3.75. The lowest BCUT2D eigenvalue weighted by molar-refractivity contribution is -0.419. The molecule has 0 spiro atoms. The fourth-order valence-electron chi connectivity index (χ4n) is 0.648. The number of carbonyl (C=O) groups is 1. The molecule has 5 heteroatoms. The maximum absolute atomic E-state index is 10.8. The molecular formula is C9H11NO4. The van der Waals surface area contributed by atoms with Crippen molar-refractivity contribution in [2.45, 2.75) is 6.92 Å². The van der Waals surface area contributed by atoms with Crippen LogP contribution in [0.25, 0.3) is 0 Å². The average molecular weight is 197 g/mol. The standard InChI is InChI=1S/C9H11NO4/c1-4-8(10(12)13)6-5-7(2)9(11)14-3/h4-6H,2H2,1,3H3/b6-5-,8-4+. The van der Waals surface area contributed by atoms with E-state index < -0.39 is 10.9 Å². The molecule has 0 radical (unpaired) electrons. The van der Waals surface area contributed by atoms with Crippen LogP contribution >= 0.6 is 0 Å². The van der Waals surface area contributed by atoms with Crippen molar-refractivity contribution in [1.82, 2.24) is 0 Å². The molecule has 0 aromatic rings. The van der Waals surface area contributed by atoms with Crippen molar-refractivity contribution in [3.8, 4) is 0 Å². The van der Waals surface area contributed by atoms with Crippen LogP contribution in [-0.2, 0) is 9.53 Å². The van der Waals surface area contributed by atoms with Gasteiger partial charge in [0.2, 0.25) is 0 Å². The van der Waals surface area contributed by atoms with Gasteiger partial charge in [-0.25, -0.2) is 4.79 Å². The molecule has 0 amide bonds. The van der Waals surface area contributed by atoms with Crippen LogP contribution in [0.1, 0.15) is 6.92 Å². The Bertz CT molecular complexity index is 315. The van der Waals surface area contributed by atoms with Crippen LogP contribution in [0.2, 0.25) is 0 Å². The summed E-state index contributed by atoms with van der Waals surface area (Å²) in [4.78, 5) is 20.6. The van der Waals surface area contributed by atoms with E-state index in [4.69, 9.17) is 0 Å². The summed E-state index contributed by atoms with van der Waals surface area (Å²) in [5, 5.41) is 10.3. The number of ether oxygens (including phenoxy) is 1. The summed E-state index contributed by atoms with van der Waals surface area (Å²) >= 11 is 0. The number of carbonyl (C=O) groups excluding carboxylic acids is 1. The highest BCUT2D eigenvalue weighted by molar-refractivity contribution is 5.90. The van der Waals surface area contributed by atoms with Crippen molar-refractivity contribution in [2.24, 2.45) is 0 Å². The van der Waals surface area contributed by atoms with Gasteiger partial charge in [0.1, 0.15) is 0 Å². The first-order valence-corrected chi connectivity index (χ1v) is 3.79. The number of nitrogens with zero attached hydrogens (tertiary/aromatic N) is 1. The molecule has 0 N–H and O–H groups in total. The highest BCUT2D eigenvalue weighted by Crippen LogP contribution is 2.02. The minimum absolute atomic E-state index is 0.0636. The number of hydrogen-bond acceptors (Lipinski definition) is 4. The Hall–Kier alpha value is -1.91. The third kappa shape index (κ3) is 3.66. The Kier molecular flexibility index (Phi) is 4.91. The zero-order valence-electron chi connectivity index (χ0n) is 8.02. The molecule has 0 aliphatic rings. The second kappa shape index (κ2) is 5.69. The Labute approximate surface area is 81.5 Å². The van der Waals surface area contributed by atoms with Crippen molar-refractivity contribution < 1.29 is 14.5 Å². The molecule has 0 bridgehead atoms. The number of nitro groups is 1. The SMILES string of the molecule is C=C(/C=C\C(=C/C)[N+](=O)[O-])C(=O)OC. The molecule has 0 heterocycles. The maximum Gasteiger partial charge on any atom is 0.337 e. The van der Waals surface area contributed by atoms with E-state index in [1.807, 2.05) is 0 Å². The maximum atomic E-state index is 10.8. The van der Waals surface area contributed by atoms with Crippen LogP contribution in [0.3, 0.4) is 0 Å². The molecule has 0 saturated carbocycles. The fraction of sp³-hybridized carbons (Fsp3) is 0.222. The van der Waals surface area contributed by atoms with Gasteiger partial charge in [-0.2, -0.15) is 0 Å². The number of rotatable bonds is 4. The fourth-order valence-corrected chi connectivity index (χ4v) is 0.648. The monoisotopic (exact) mass is 197 g/mol. The quantitative estimate of drug-likeness (QED) is 0.225. The van der Waals surface area contributed by atoms with Gasteiger partial charge in [0.15, 0.2) is 0 Å². The Morgan fingerprint density at radius 3 is 2.43 bits per heavy atom. The summed E-state index contributed by atoms with van der Waals surface area (Å²) in [6, 6.07) is 0. The predicted molar refractivity (Wildman–Crippen MR) is 51.0 cm³/mol. The number of hydrogen-bond donors (Lipinski definition) is 0. The van der Waals surface area contributed by atoms with Gasteiger partial charge in [-0.3, -0.25) is 10.1 Å². The molecule has 0 aromatic carbocycles. The van der Waals surface area contributed by atoms with Crippen LogP contribution in [0.15, 0.2) is 36.1 Å². The van der Waals surface area contributed by atoms with Gasteiger partial charge in [-0.15, -0.1) is 0 Å². The van der Waals surface area contributed by atoms with Crippen LogP contribution in [0.5, 0.6) is 0 Å². The van der Waals surface area contributed by atoms with E-state index in [-0.39, 0.29) is 11.3 Å². The summed E-state index contributed by atoms with van der Waals surface area (Å²) < 4.78 is 4.36. The predicted octanol–water partition coefficient (Wildman–Crippen LogP) is 1.45. The van der Waals surface area contributed by atoms with Gasteiger partial charge in [0, 0.05) is 6.08 Å². The molecule has 76 valence electrons. The summed E-state index contributed by atoms with van der Waals surface area (Å²) in [7, 11) is 1.21. The zero-order valence-corrected chi connectivity index (χ0v) is 8.02. The second-order valence-corrected chi connectivity index (χ2v) is 2.32. The van der Waals surface area contributed by atoms with Crippen LogP contribution in [0, 0.1) is 10.1 Å². The lowest BCUT2D eigenvalue weighted by Gasteiger charge is -1.95. The first-order valence-electron chi connectivity index (χ1n) is 3.79. The smallest absolute Gasteiger partial charge is 0.337 e. The molecule has 0 aliphatic heterocycles. The van der Waals surface area contributed by atoms with Crippen molar-refractivity contribution in [3.63, 3.8) is 0 Å². The Morgan fingerprint density at radius 1 is 1.50 bits per heavy atom. The minimum Gasteiger partial charge on any atom is -0.465 e. The normalized spacial score (nSPS) is 11.4. The molecule has 0 rings (SSSR count). The number of methoxy groups -OCH3 is 1. The Balaban J connectivity index is 4.52. The summed E-state index contributed by atoms with van der Waals surface area (Å²) in [5.41, 5.74) is -0.0382. The van der Waals surface area contributed by atoms with Crippen molar-refractivity contribution in [1.29, 1.82) is 0 Å². The van der Waals surface area contributed by atoms with Gasteiger partial charge < -0.3 is 4.74 Å². The van der Waals surface area contributed by atoms with Gasteiger partial charge in [0.25, 0.3) is 5.70 Å². The summed E-state index contributed by atoms with van der Waals surface area (Å²) in [5.74, 6) is -0.611. The molecule has 0 unspecified atom stereocenters. The van der Waals surface area contributed by atoms with Gasteiger partial charge in [-0.1, -0.05) is 6.58 Å². The van der Waals surface area contributed by atoms with Crippen molar-refractivity contribution in [2.75, 3.05) is 7.11 Å². The van der Waals surface area contributed by atoms with E-state index in [2.05, 4.69) is 11.3 Å². The molecule has 0 aromatic heterocycles. The molecule has 0 fully saturated rings. The van der Waals surface area contributed by atoms with Crippen molar-refractivity contribution >= 4 is 5.97 Å². The van der Waals surface area contributed by atoms with Gasteiger partial charge >= 0.3 is 5.97 Å². The van der Waals surface area contributed by atoms with E-state index in [0.29, 0.717) is 0 Å². The van der Waals surface area contributed by atoms with Crippen molar-refractivity contribution in [3.05, 3.63) is 46.2 Å². The number of esters is 1. The Morgan fingerprint density at radius 2 is 2.07 bits per heavy atom. The third-order valence-electron chi connectivity index (χ3n) is 1.41. The van der Waals surface area contributed by atoms with Crippen LogP contribution in [-0.4, -0.2) is 18.0 Å². The number of allylic oxidation sites excluding steroid dienone is 2. The third-order valence-corrected chi connectivity index (χ3v) is 1.41. The molecule has 0 atom stereocenters. The highest BCUT2D eigenvalue weighted by atomic mass is 16.6. The van der Waals surface area contributed by atoms with E-state index in [9.17, 15) is 14.9 Å². The largest absolute Gasteiger partial charge is 0.465 e. The molecule has 14 heavy (non-hydrogen) atoms. The van der Waals surface area contributed by atoms with Crippen LogP contribution < -0.4 is 0 Å². The lowest BCUT2D eigenvalue weighted by Crippen LogP contribution is -2.01. The summed E-state index contributed by atoms with van der Waals surface area (Å²) in [6.45, 7) is 4.91. The minimum atomic E-state index is -0.611.